The molecule has 2 fully saturated rings. The van der Waals surface area contributed by atoms with Gasteiger partial charge in [-0.1, -0.05) is 0 Å². The first kappa shape index (κ1) is 12.5. The molecule has 0 aromatic rings. The summed E-state index contributed by atoms with van der Waals surface area (Å²) < 4.78 is 0. The number of amides is 4. The fourth-order valence-electron chi connectivity index (χ4n) is 2.12. The molecule has 18 heavy (non-hydrogen) atoms. The first-order chi connectivity index (χ1) is 8.32. The fraction of sp³-hybridized carbons (Fsp3) is 0.636. The molecule has 2 heterocycles. The summed E-state index contributed by atoms with van der Waals surface area (Å²) in [7, 11) is 0. The number of carbonyl (C=O) groups excluding carboxylic acids is 4. The molecule has 0 aromatic carbocycles. The highest BCUT2D eigenvalue weighted by Gasteiger charge is 2.46. The number of imide groups is 1. The number of nitrogens with one attached hydrogen (secondary N) is 2. The summed E-state index contributed by atoms with van der Waals surface area (Å²) >= 11 is 0. The molecule has 2 saturated heterocycles. The van der Waals surface area contributed by atoms with Crippen LogP contribution < -0.4 is 10.6 Å². The number of hydrogen-bond donors (Lipinski definition) is 2. The van der Waals surface area contributed by atoms with Gasteiger partial charge in [0.25, 0.3) is 5.91 Å². The Morgan fingerprint density at radius 1 is 1.28 bits per heavy atom. The van der Waals surface area contributed by atoms with E-state index >= 15 is 0 Å². The molecule has 7 heteroatoms. The lowest BCUT2D eigenvalue weighted by Gasteiger charge is -2.41. The molecule has 0 bridgehead atoms. The van der Waals surface area contributed by atoms with E-state index in [0.29, 0.717) is 12.8 Å². The smallest absolute Gasteiger partial charge is 0.252 e. The molecule has 7 nitrogen and oxygen atoms in total. The largest absolute Gasteiger partial charge is 0.344 e. The highest BCUT2D eigenvalue weighted by atomic mass is 16.2. The maximum Gasteiger partial charge on any atom is 0.252 e. The lowest BCUT2D eigenvalue weighted by atomic mass is 9.97. The normalized spacial score (nSPS) is 26.9. The molecule has 98 valence electrons. The Morgan fingerprint density at radius 3 is 2.50 bits per heavy atom. The lowest BCUT2D eigenvalue weighted by Crippen LogP contribution is -2.67. The fourth-order valence-corrected chi connectivity index (χ4v) is 2.12. The summed E-state index contributed by atoms with van der Waals surface area (Å²) in [5.74, 6) is -1.57. The zero-order valence-electron chi connectivity index (χ0n) is 10.3. The zero-order valence-corrected chi connectivity index (χ0v) is 10.3. The van der Waals surface area contributed by atoms with Crippen LogP contribution in [0.15, 0.2) is 0 Å². The van der Waals surface area contributed by atoms with Crippen molar-refractivity contribution < 1.29 is 19.2 Å². The van der Waals surface area contributed by atoms with Crippen LogP contribution in [0.25, 0.3) is 0 Å². The average molecular weight is 253 g/mol. The number of rotatable bonds is 1. The van der Waals surface area contributed by atoms with E-state index in [1.807, 2.05) is 0 Å². The van der Waals surface area contributed by atoms with E-state index in [2.05, 4.69) is 10.6 Å². The van der Waals surface area contributed by atoms with E-state index in [9.17, 15) is 19.2 Å². The molecular formula is C11H15N3O4. The van der Waals surface area contributed by atoms with Crippen molar-refractivity contribution in [2.75, 3.05) is 6.54 Å². The second-order valence-corrected chi connectivity index (χ2v) is 5.02. The molecule has 2 aliphatic rings. The summed E-state index contributed by atoms with van der Waals surface area (Å²) in [6.07, 6.45) is 0.699. The van der Waals surface area contributed by atoms with E-state index in [1.54, 1.807) is 13.8 Å². The lowest BCUT2D eigenvalue weighted by molar-refractivity contribution is -0.156. The van der Waals surface area contributed by atoms with Crippen LogP contribution in [0.4, 0.5) is 0 Å². The highest BCUT2D eigenvalue weighted by molar-refractivity contribution is 6.07. The van der Waals surface area contributed by atoms with Crippen LogP contribution in [0.3, 0.4) is 0 Å². The number of nitrogens with zero attached hydrogens (tertiary/aromatic N) is 1. The van der Waals surface area contributed by atoms with Gasteiger partial charge >= 0.3 is 0 Å². The first-order valence-corrected chi connectivity index (χ1v) is 5.77. The van der Waals surface area contributed by atoms with E-state index < -0.39 is 23.4 Å². The van der Waals surface area contributed by atoms with Gasteiger partial charge < -0.3 is 10.2 Å². The van der Waals surface area contributed by atoms with Crippen LogP contribution in [0.2, 0.25) is 0 Å². The van der Waals surface area contributed by atoms with Gasteiger partial charge in [-0.15, -0.1) is 0 Å². The Hall–Kier alpha value is -1.92. The third-order valence-corrected chi connectivity index (χ3v) is 3.34. The minimum absolute atomic E-state index is 0.163. The Bertz CT molecular complexity index is 444. The van der Waals surface area contributed by atoms with Crippen molar-refractivity contribution in [3.05, 3.63) is 0 Å². The molecule has 0 saturated carbocycles. The quantitative estimate of drug-likeness (QED) is 0.558. The summed E-state index contributed by atoms with van der Waals surface area (Å²) in [5.41, 5.74) is -1.09. The molecule has 0 spiro atoms. The van der Waals surface area contributed by atoms with Gasteiger partial charge in [0.15, 0.2) is 0 Å². The van der Waals surface area contributed by atoms with Crippen LogP contribution in [-0.2, 0) is 19.2 Å². The van der Waals surface area contributed by atoms with Crippen LogP contribution >= 0.6 is 0 Å². The maximum absolute atomic E-state index is 12.2. The Labute approximate surface area is 104 Å². The van der Waals surface area contributed by atoms with Gasteiger partial charge in [-0.3, -0.25) is 24.5 Å². The molecule has 0 radical (unpaired) electrons. The second-order valence-electron chi connectivity index (χ2n) is 5.02. The van der Waals surface area contributed by atoms with Crippen LogP contribution in [0.5, 0.6) is 0 Å². The van der Waals surface area contributed by atoms with Gasteiger partial charge in [-0.05, 0) is 20.3 Å². The van der Waals surface area contributed by atoms with Gasteiger partial charge in [-0.25, -0.2) is 0 Å². The maximum atomic E-state index is 12.2. The topological polar surface area (TPSA) is 95.6 Å². The SMILES string of the molecule is CC1(C)C(=O)NC(=O)CN1C(=O)[C@@H]1CCC(=O)N1. The molecule has 0 aromatic heterocycles. The molecule has 0 aliphatic carbocycles. The number of piperazine rings is 1. The summed E-state index contributed by atoms with van der Waals surface area (Å²) in [6, 6.07) is -0.629. The molecule has 0 unspecified atom stereocenters. The Kier molecular flexibility index (Phi) is 2.84. The van der Waals surface area contributed by atoms with E-state index in [0.717, 1.165) is 0 Å². The van der Waals surface area contributed by atoms with Gasteiger partial charge in [0, 0.05) is 6.42 Å². The first-order valence-electron chi connectivity index (χ1n) is 5.77. The summed E-state index contributed by atoms with van der Waals surface area (Å²) in [4.78, 5) is 47.6. The molecule has 2 N–H and O–H groups in total. The molecule has 2 rings (SSSR count). The van der Waals surface area contributed by atoms with Crippen LogP contribution in [0.1, 0.15) is 26.7 Å². The minimum Gasteiger partial charge on any atom is -0.344 e. The Morgan fingerprint density at radius 2 is 1.94 bits per heavy atom. The van der Waals surface area contributed by atoms with Crippen LogP contribution in [-0.4, -0.2) is 46.7 Å². The summed E-state index contributed by atoms with van der Waals surface area (Å²) in [5, 5.41) is 4.74. The number of hydrogen-bond acceptors (Lipinski definition) is 4. The van der Waals surface area contributed by atoms with Crippen molar-refractivity contribution in [2.24, 2.45) is 0 Å². The van der Waals surface area contributed by atoms with Crippen molar-refractivity contribution in [1.82, 2.24) is 15.5 Å². The van der Waals surface area contributed by atoms with Crippen molar-refractivity contribution in [3.63, 3.8) is 0 Å². The van der Waals surface area contributed by atoms with Crippen molar-refractivity contribution in [2.45, 2.75) is 38.3 Å². The molecule has 2 aliphatic heterocycles. The average Bonchev–Trinajstić information content (AvgIpc) is 2.70. The van der Waals surface area contributed by atoms with Crippen LogP contribution in [0, 0.1) is 0 Å². The van der Waals surface area contributed by atoms with Gasteiger partial charge in [0.05, 0.1) is 0 Å². The monoisotopic (exact) mass is 253 g/mol. The predicted molar refractivity (Wildman–Crippen MR) is 60.1 cm³/mol. The molecule has 4 amide bonds. The van der Waals surface area contributed by atoms with Gasteiger partial charge in [0.2, 0.25) is 17.7 Å². The third kappa shape index (κ3) is 1.96. The van der Waals surface area contributed by atoms with E-state index in [-0.39, 0.29) is 18.4 Å². The van der Waals surface area contributed by atoms with Crippen molar-refractivity contribution in [3.8, 4) is 0 Å². The van der Waals surface area contributed by atoms with Crippen molar-refractivity contribution in [1.29, 1.82) is 0 Å². The Balaban J connectivity index is 2.19. The predicted octanol–water partition coefficient (Wildman–Crippen LogP) is -1.47. The minimum atomic E-state index is -1.09. The highest BCUT2D eigenvalue weighted by Crippen LogP contribution is 2.21. The van der Waals surface area contributed by atoms with Crippen molar-refractivity contribution >= 4 is 23.6 Å². The molecular weight excluding hydrogens is 238 g/mol. The molecule has 1 atom stereocenters. The summed E-state index contributed by atoms with van der Waals surface area (Å²) in [6.45, 7) is 2.98. The van der Waals surface area contributed by atoms with E-state index in [4.69, 9.17) is 0 Å². The standard InChI is InChI=1S/C11H15N3O4/c1-11(2)10(18)13-8(16)5-14(11)9(17)6-3-4-7(15)12-6/h6H,3-5H2,1-2H3,(H,12,15)(H,13,16,18)/t6-/m0/s1. The third-order valence-electron chi connectivity index (χ3n) is 3.34. The van der Waals surface area contributed by atoms with Gasteiger partial charge in [-0.2, -0.15) is 0 Å². The van der Waals surface area contributed by atoms with Gasteiger partial charge in [0.1, 0.15) is 18.1 Å². The van der Waals surface area contributed by atoms with E-state index in [1.165, 1.54) is 4.90 Å². The zero-order chi connectivity index (χ0) is 13.5. The number of carbonyl (C=O) groups is 4. The second kappa shape index (κ2) is 4.08.